The van der Waals surface area contributed by atoms with Crippen molar-refractivity contribution in [2.24, 2.45) is 0 Å². The topological polar surface area (TPSA) is 3.24 Å². The van der Waals surface area contributed by atoms with Gasteiger partial charge in [0.2, 0.25) is 0 Å². The van der Waals surface area contributed by atoms with Crippen LogP contribution in [-0.2, 0) is 13.0 Å². The molecule has 0 aliphatic carbocycles. The molecule has 2 aromatic rings. The molecule has 0 saturated heterocycles. The highest BCUT2D eigenvalue weighted by Gasteiger charge is 2.19. The number of aryl methyl sites for hydroxylation is 1. The zero-order valence-corrected chi connectivity index (χ0v) is 12.9. The lowest BCUT2D eigenvalue weighted by Crippen LogP contribution is -2.33. The molecule has 0 bridgehead atoms. The first-order valence-corrected chi connectivity index (χ1v) is 7.76. The SMILES string of the molecule is Cc1cc(C(Cl)CN2CCc3ccccc3C2)ccc1F. The minimum absolute atomic E-state index is 0.102. The Morgan fingerprint density at radius 2 is 1.95 bits per heavy atom. The Morgan fingerprint density at radius 1 is 1.19 bits per heavy atom. The van der Waals surface area contributed by atoms with E-state index in [1.807, 2.05) is 6.07 Å². The van der Waals surface area contributed by atoms with E-state index in [2.05, 4.69) is 29.2 Å². The first kappa shape index (κ1) is 14.6. The summed E-state index contributed by atoms with van der Waals surface area (Å²) in [6, 6.07) is 13.7. The van der Waals surface area contributed by atoms with Crippen LogP contribution < -0.4 is 0 Å². The third-order valence-electron chi connectivity index (χ3n) is 4.17. The van der Waals surface area contributed by atoms with Gasteiger partial charge in [0.15, 0.2) is 0 Å². The molecule has 1 nitrogen and oxygen atoms in total. The lowest BCUT2D eigenvalue weighted by molar-refractivity contribution is 0.254. The maximum absolute atomic E-state index is 13.3. The molecule has 0 spiro atoms. The maximum Gasteiger partial charge on any atom is 0.126 e. The molecule has 0 amide bonds. The van der Waals surface area contributed by atoms with Crippen molar-refractivity contribution in [3.63, 3.8) is 0 Å². The number of rotatable bonds is 3. The number of benzene rings is 2. The number of nitrogens with zero attached hydrogens (tertiary/aromatic N) is 1. The Bertz CT molecular complexity index is 641. The number of fused-ring (bicyclic) bond motifs is 1. The molecule has 1 unspecified atom stereocenters. The van der Waals surface area contributed by atoms with Crippen LogP contribution in [0.3, 0.4) is 0 Å². The fourth-order valence-corrected chi connectivity index (χ4v) is 3.24. The molecule has 21 heavy (non-hydrogen) atoms. The molecule has 0 N–H and O–H groups in total. The number of hydrogen-bond donors (Lipinski definition) is 0. The van der Waals surface area contributed by atoms with Crippen molar-refractivity contribution in [2.75, 3.05) is 13.1 Å². The molecular weight excluding hydrogens is 285 g/mol. The highest BCUT2D eigenvalue weighted by molar-refractivity contribution is 6.21. The van der Waals surface area contributed by atoms with Gasteiger partial charge in [0.05, 0.1) is 5.38 Å². The Kier molecular flexibility index (Phi) is 4.27. The molecular formula is C18H19ClFN. The van der Waals surface area contributed by atoms with Crippen LogP contribution in [0, 0.1) is 12.7 Å². The van der Waals surface area contributed by atoms with Gasteiger partial charge in [-0.1, -0.05) is 36.4 Å². The summed E-state index contributed by atoms with van der Waals surface area (Å²) in [6.07, 6.45) is 1.07. The molecule has 1 atom stereocenters. The van der Waals surface area contributed by atoms with E-state index >= 15 is 0 Å². The van der Waals surface area contributed by atoms with E-state index in [1.165, 1.54) is 17.2 Å². The summed E-state index contributed by atoms with van der Waals surface area (Å²) in [5.41, 5.74) is 4.48. The minimum Gasteiger partial charge on any atom is -0.297 e. The monoisotopic (exact) mass is 303 g/mol. The van der Waals surface area contributed by atoms with Gasteiger partial charge in [0, 0.05) is 19.6 Å². The molecule has 3 heteroatoms. The maximum atomic E-state index is 13.3. The fourth-order valence-electron chi connectivity index (χ4n) is 2.90. The van der Waals surface area contributed by atoms with Crippen LogP contribution in [0.25, 0.3) is 0 Å². The van der Waals surface area contributed by atoms with Crippen molar-refractivity contribution < 1.29 is 4.39 Å². The van der Waals surface area contributed by atoms with Crippen LogP contribution in [0.15, 0.2) is 42.5 Å². The molecule has 1 heterocycles. The van der Waals surface area contributed by atoms with Crippen molar-refractivity contribution >= 4 is 11.6 Å². The zero-order valence-electron chi connectivity index (χ0n) is 12.2. The fraction of sp³-hybridized carbons (Fsp3) is 0.333. The molecule has 1 aliphatic heterocycles. The second-order valence-electron chi connectivity index (χ2n) is 5.73. The average molecular weight is 304 g/mol. The van der Waals surface area contributed by atoms with Gasteiger partial charge in [-0.3, -0.25) is 4.90 Å². The van der Waals surface area contributed by atoms with Crippen LogP contribution >= 0.6 is 11.6 Å². The van der Waals surface area contributed by atoms with Crippen molar-refractivity contribution in [3.05, 3.63) is 70.5 Å². The van der Waals surface area contributed by atoms with Gasteiger partial charge in [-0.25, -0.2) is 4.39 Å². The molecule has 110 valence electrons. The van der Waals surface area contributed by atoms with Crippen LogP contribution in [0.5, 0.6) is 0 Å². The van der Waals surface area contributed by atoms with E-state index in [-0.39, 0.29) is 11.2 Å². The zero-order chi connectivity index (χ0) is 14.8. The second kappa shape index (κ2) is 6.17. The normalized spacial score (nSPS) is 16.5. The van der Waals surface area contributed by atoms with E-state index < -0.39 is 0 Å². The summed E-state index contributed by atoms with van der Waals surface area (Å²) >= 11 is 6.53. The molecule has 2 aromatic carbocycles. The second-order valence-corrected chi connectivity index (χ2v) is 6.26. The van der Waals surface area contributed by atoms with E-state index in [4.69, 9.17) is 11.6 Å². The van der Waals surface area contributed by atoms with Crippen LogP contribution in [-0.4, -0.2) is 18.0 Å². The Labute approximate surface area is 130 Å². The Balaban J connectivity index is 1.68. The molecule has 0 aromatic heterocycles. The predicted octanol–water partition coefficient (Wildman–Crippen LogP) is 4.47. The molecule has 0 fully saturated rings. The molecule has 3 rings (SSSR count). The van der Waals surface area contributed by atoms with Gasteiger partial charge in [0.25, 0.3) is 0 Å². The van der Waals surface area contributed by atoms with Gasteiger partial charge in [0.1, 0.15) is 5.82 Å². The number of alkyl halides is 1. The van der Waals surface area contributed by atoms with Crippen molar-refractivity contribution in [1.29, 1.82) is 0 Å². The van der Waals surface area contributed by atoms with E-state index in [0.29, 0.717) is 5.56 Å². The highest BCUT2D eigenvalue weighted by atomic mass is 35.5. The van der Waals surface area contributed by atoms with Crippen molar-refractivity contribution in [3.8, 4) is 0 Å². The summed E-state index contributed by atoms with van der Waals surface area (Å²) in [7, 11) is 0. The van der Waals surface area contributed by atoms with Gasteiger partial charge in [-0.2, -0.15) is 0 Å². The van der Waals surface area contributed by atoms with Gasteiger partial charge < -0.3 is 0 Å². The lowest BCUT2D eigenvalue weighted by Gasteiger charge is -2.30. The van der Waals surface area contributed by atoms with E-state index in [0.717, 1.165) is 31.6 Å². The first-order chi connectivity index (χ1) is 10.1. The summed E-state index contributed by atoms with van der Waals surface area (Å²) < 4.78 is 13.3. The summed E-state index contributed by atoms with van der Waals surface area (Å²) in [5, 5.41) is -0.102. The molecule has 1 aliphatic rings. The highest BCUT2D eigenvalue weighted by Crippen LogP contribution is 2.26. The molecule has 0 radical (unpaired) electrons. The van der Waals surface area contributed by atoms with Crippen LogP contribution in [0.2, 0.25) is 0 Å². The van der Waals surface area contributed by atoms with E-state index in [1.54, 1.807) is 13.0 Å². The first-order valence-electron chi connectivity index (χ1n) is 7.33. The largest absolute Gasteiger partial charge is 0.297 e. The van der Waals surface area contributed by atoms with Gasteiger partial charge >= 0.3 is 0 Å². The Hall–Kier alpha value is -1.38. The lowest BCUT2D eigenvalue weighted by atomic mass is 9.99. The quantitative estimate of drug-likeness (QED) is 0.756. The minimum atomic E-state index is -0.172. The standard InChI is InChI=1S/C18H19ClFN/c1-13-10-15(6-7-18(13)20)17(19)12-21-9-8-14-4-2-3-5-16(14)11-21/h2-7,10,17H,8-9,11-12H2,1H3. The third-order valence-corrected chi connectivity index (χ3v) is 4.56. The van der Waals surface area contributed by atoms with Crippen molar-refractivity contribution in [1.82, 2.24) is 4.90 Å². The van der Waals surface area contributed by atoms with Crippen molar-refractivity contribution in [2.45, 2.75) is 25.3 Å². The predicted molar refractivity (Wildman–Crippen MR) is 85.2 cm³/mol. The number of hydrogen-bond acceptors (Lipinski definition) is 1. The summed E-state index contributed by atoms with van der Waals surface area (Å²) in [5.74, 6) is -0.172. The van der Waals surface area contributed by atoms with Crippen LogP contribution in [0.1, 0.15) is 27.6 Å². The average Bonchev–Trinajstić information content (AvgIpc) is 2.50. The number of halogens is 2. The van der Waals surface area contributed by atoms with E-state index in [9.17, 15) is 4.39 Å². The smallest absolute Gasteiger partial charge is 0.126 e. The van der Waals surface area contributed by atoms with Gasteiger partial charge in [-0.15, -0.1) is 11.6 Å². The summed E-state index contributed by atoms with van der Waals surface area (Å²) in [4.78, 5) is 2.37. The van der Waals surface area contributed by atoms with Crippen LogP contribution in [0.4, 0.5) is 4.39 Å². The Morgan fingerprint density at radius 3 is 2.71 bits per heavy atom. The summed E-state index contributed by atoms with van der Waals surface area (Å²) in [6.45, 7) is 4.54. The third kappa shape index (κ3) is 3.28. The molecule has 0 saturated carbocycles. The van der Waals surface area contributed by atoms with Gasteiger partial charge in [-0.05, 0) is 41.7 Å².